The lowest BCUT2D eigenvalue weighted by atomic mass is 10.0. The first-order valence-electron chi connectivity index (χ1n) is 19.2. The van der Waals surface area contributed by atoms with Crippen molar-refractivity contribution < 1.29 is 50.3 Å². The Balaban J connectivity index is 1.06. The van der Waals surface area contributed by atoms with E-state index in [4.69, 9.17) is 22.2 Å². The number of anilines is 4. The number of thiocarbonyl (C=S) groups is 1. The molecular weight excluding hydrogens is 833 g/mol. The van der Waals surface area contributed by atoms with Crippen LogP contribution < -0.4 is 30.5 Å². The van der Waals surface area contributed by atoms with Gasteiger partial charge in [0.25, 0.3) is 5.91 Å². The van der Waals surface area contributed by atoms with Crippen LogP contribution >= 0.6 is 12.2 Å². The van der Waals surface area contributed by atoms with Gasteiger partial charge in [0, 0.05) is 49.7 Å². The molecule has 324 valence electrons. The number of piperidine rings is 1. The zero-order valence-electron chi connectivity index (χ0n) is 33.1. The number of alkyl halides is 6. The third kappa shape index (κ3) is 9.87. The maximum atomic E-state index is 14.4. The fourth-order valence-electron chi connectivity index (χ4n) is 7.43. The van der Waals surface area contributed by atoms with Gasteiger partial charge in [-0.2, -0.15) is 31.6 Å². The monoisotopic (exact) mass is 873 g/mol. The number of aromatic nitrogens is 1. The van der Waals surface area contributed by atoms with Crippen LogP contribution in [0.1, 0.15) is 50.4 Å². The number of rotatable bonds is 12. The van der Waals surface area contributed by atoms with Crippen LogP contribution in [0.5, 0.6) is 5.75 Å². The number of carbonyl (C=O) groups is 4. The Morgan fingerprint density at radius 3 is 2.46 bits per heavy atom. The molecule has 1 unspecified atom stereocenters. The van der Waals surface area contributed by atoms with E-state index in [1.807, 2.05) is 6.92 Å². The molecule has 1 aromatic heterocycles. The van der Waals surface area contributed by atoms with Crippen molar-refractivity contribution in [1.82, 2.24) is 20.1 Å². The smallest absolute Gasteiger partial charge is 0.419 e. The maximum Gasteiger partial charge on any atom is 0.419 e. The highest BCUT2D eigenvalue weighted by molar-refractivity contribution is 7.81. The van der Waals surface area contributed by atoms with Crippen molar-refractivity contribution in [3.05, 3.63) is 71.5 Å². The van der Waals surface area contributed by atoms with E-state index >= 15 is 0 Å². The molecule has 3 fully saturated rings. The largest absolute Gasteiger partial charge is 0.492 e. The number of pyridine rings is 1. The minimum atomic E-state index is -4.91. The molecule has 4 heterocycles. The molecule has 3 aliphatic rings. The Morgan fingerprint density at radius 1 is 1.05 bits per heavy atom. The average molecular weight is 874 g/mol. The van der Waals surface area contributed by atoms with Crippen LogP contribution in [0.3, 0.4) is 0 Å². The molecule has 0 aliphatic carbocycles. The van der Waals surface area contributed by atoms with E-state index in [9.17, 15) is 45.5 Å². The number of benzene rings is 2. The molecule has 14 nitrogen and oxygen atoms in total. The molecule has 21 heteroatoms. The van der Waals surface area contributed by atoms with Gasteiger partial charge in [-0.15, -0.1) is 0 Å². The van der Waals surface area contributed by atoms with Crippen molar-refractivity contribution in [1.29, 1.82) is 5.26 Å². The molecule has 0 radical (unpaired) electrons. The van der Waals surface area contributed by atoms with Crippen LogP contribution in [0.2, 0.25) is 0 Å². The summed E-state index contributed by atoms with van der Waals surface area (Å²) in [5.74, 6) is -1.69. The summed E-state index contributed by atoms with van der Waals surface area (Å²) in [5, 5.41) is 16.9. The van der Waals surface area contributed by atoms with Crippen LogP contribution in [-0.4, -0.2) is 107 Å². The second-order valence-corrected chi connectivity index (χ2v) is 15.5. The zero-order chi connectivity index (χ0) is 44.4. The Bertz CT molecular complexity index is 2270. The normalized spacial score (nSPS) is 20.1. The fourth-order valence-corrected chi connectivity index (χ4v) is 7.95. The summed E-state index contributed by atoms with van der Waals surface area (Å²) < 4.78 is 90.3. The van der Waals surface area contributed by atoms with Crippen LogP contribution in [0.15, 0.2) is 54.7 Å². The summed E-state index contributed by atoms with van der Waals surface area (Å²) in [6, 6.07) is 10.8. The SMILES string of the molecule is CCc1cc(N2C(=S)N(c3cnc(C#N)c(C(F)(F)F)c3)C(=O)C2(C)C)ccc1OCCN1CCN(CC(=O)Nc2cccc(NC3CCC(=O)NC3=O)c2)[C@H](C(F)(F)F)C1. The van der Waals surface area contributed by atoms with Gasteiger partial charge in [0.1, 0.15) is 36.0 Å². The van der Waals surface area contributed by atoms with Gasteiger partial charge < -0.3 is 20.3 Å². The molecule has 3 aliphatic heterocycles. The summed E-state index contributed by atoms with van der Waals surface area (Å²) in [6.07, 6.45) is -7.69. The topological polar surface area (TPSA) is 163 Å². The summed E-state index contributed by atoms with van der Waals surface area (Å²) in [6.45, 7) is 4.36. The number of ether oxygens (including phenoxy) is 1. The average Bonchev–Trinajstić information content (AvgIpc) is 3.37. The highest BCUT2D eigenvalue weighted by Crippen LogP contribution is 2.40. The third-order valence-electron chi connectivity index (χ3n) is 10.6. The Hall–Kier alpha value is -5.85. The van der Waals surface area contributed by atoms with Crippen LogP contribution in [0.25, 0.3) is 0 Å². The molecule has 0 saturated carbocycles. The molecule has 2 atom stereocenters. The molecule has 3 saturated heterocycles. The van der Waals surface area contributed by atoms with E-state index in [1.165, 1.54) is 11.0 Å². The molecule has 3 aromatic rings. The molecule has 61 heavy (non-hydrogen) atoms. The number of hydrogen-bond acceptors (Lipinski definition) is 11. The molecule has 0 spiro atoms. The Kier molecular flexibility index (Phi) is 12.9. The minimum absolute atomic E-state index is 0.0216. The third-order valence-corrected chi connectivity index (χ3v) is 11.0. The fraction of sp³-hybridized carbons (Fsp3) is 0.425. The van der Waals surface area contributed by atoms with Crippen molar-refractivity contribution in [2.45, 2.75) is 70.0 Å². The van der Waals surface area contributed by atoms with E-state index in [2.05, 4.69) is 20.9 Å². The van der Waals surface area contributed by atoms with Gasteiger partial charge in [0.15, 0.2) is 10.8 Å². The van der Waals surface area contributed by atoms with E-state index in [0.717, 1.165) is 16.0 Å². The highest BCUT2D eigenvalue weighted by atomic mass is 32.1. The lowest BCUT2D eigenvalue weighted by molar-refractivity contribution is -0.197. The molecular formula is C40H41F6N9O5S. The number of halogens is 6. The number of aryl methyl sites for hydroxylation is 1. The number of piperazine rings is 1. The zero-order valence-corrected chi connectivity index (χ0v) is 33.9. The number of hydrogen-bond donors (Lipinski definition) is 3. The lowest BCUT2D eigenvalue weighted by Gasteiger charge is -2.41. The van der Waals surface area contributed by atoms with E-state index in [0.29, 0.717) is 40.9 Å². The maximum absolute atomic E-state index is 14.4. The summed E-state index contributed by atoms with van der Waals surface area (Å²) in [7, 11) is 0. The molecule has 4 amide bonds. The number of imide groups is 1. The van der Waals surface area contributed by atoms with Crippen LogP contribution in [0.4, 0.5) is 49.1 Å². The molecule has 0 bridgehead atoms. The molecule has 2 aromatic carbocycles. The van der Waals surface area contributed by atoms with Crippen LogP contribution in [-0.2, 0) is 31.8 Å². The highest BCUT2D eigenvalue weighted by Gasteiger charge is 2.51. The quantitative estimate of drug-likeness (QED) is 0.124. The minimum Gasteiger partial charge on any atom is -0.492 e. The second kappa shape index (κ2) is 17.6. The second-order valence-electron chi connectivity index (χ2n) is 15.1. The standard InChI is InChI=1S/C40H41F6N9O5S/c1-4-23-16-26(55-37(61)54(36(59)38(55,2)3)27-18-28(39(41,42)43)30(19-47)48-20-27)8-10-31(23)60-15-14-52-12-13-53(32(21-52)40(44,45)46)22-34(57)50-25-7-5-6-24(17-25)49-29-9-11-33(56)51-35(29)58/h5-8,10,16-18,20,29,32,49H,4,9,11-15,21-22H2,1-3H3,(H,50,57)(H,51,56,58)/t29?,32-/m0/s1. The van der Waals surface area contributed by atoms with Gasteiger partial charge in [-0.1, -0.05) is 13.0 Å². The summed E-state index contributed by atoms with van der Waals surface area (Å²) in [5.41, 5.74) is -1.86. The van der Waals surface area contributed by atoms with Crippen molar-refractivity contribution in [2.24, 2.45) is 0 Å². The number of nitriles is 1. The predicted molar refractivity (Wildman–Crippen MR) is 215 cm³/mol. The van der Waals surface area contributed by atoms with Gasteiger partial charge in [-0.3, -0.25) is 39.2 Å². The first-order valence-corrected chi connectivity index (χ1v) is 19.6. The predicted octanol–water partition coefficient (Wildman–Crippen LogP) is 5.23. The number of amides is 4. The number of nitrogens with zero attached hydrogens (tertiary/aromatic N) is 6. The molecule has 6 rings (SSSR count). The first kappa shape index (κ1) is 44.7. The van der Waals surface area contributed by atoms with E-state index in [-0.39, 0.29) is 55.8 Å². The Morgan fingerprint density at radius 2 is 1.79 bits per heavy atom. The van der Waals surface area contributed by atoms with E-state index < -0.39 is 72.0 Å². The van der Waals surface area contributed by atoms with Gasteiger partial charge in [-0.25, -0.2) is 4.98 Å². The summed E-state index contributed by atoms with van der Waals surface area (Å²) >= 11 is 5.63. The molecule has 3 N–H and O–H groups in total. The Labute approximate surface area is 351 Å². The van der Waals surface area contributed by atoms with Crippen molar-refractivity contribution >= 4 is 63.7 Å². The van der Waals surface area contributed by atoms with Gasteiger partial charge in [0.05, 0.1) is 24.0 Å². The number of nitrogens with one attached hydrogen (secondary N) is 3. The van der Waals surface area contributed by atoms with Crippen LogP contribution in [0, 0.1) is 11.3 Å². The van der Waals surface area contributed by atoms with Crippen molar-refractivity contribution in [2.75, 3.05) is 59.8 Å². The first-order chi connectivity index (χ1) is 28.7. The number of carbonyl (C=O) groups excluding carboxylic acids is 4. The van der Waals surface area contributed by atoms with Gasteiger partial charge in [-0.05, 0) is 86.9 Å². The van der Waals surface area contributed by atoms with E-state index in [1.54, 1.807) is 61.2 Å². The van der Waals surface area contributed by atoms with Crippen molar-refractivity contribution in [3.8, 4) is 11.8 Å². The lowest BCUT2D eigenvalue weighted by Crippen LogP contribution is -2.60. The van der Waals surface area contributed by atoms with Gasteiger partial charge in [0.2, 0.25) is 17.7 Å². The van der Waals surface area contributed by atoms with Crippen molar-refractivity contribution in [3.63, 3.8) is 0 Å². The summed E-state index contributed by atoms with van der Waals surface area (Å²) in [4.78, 5) is 59.0. The van der Waals surface area contributed by atoms with Gasteiger partial charge >= 0.3 is 12.4 Å².